The Kier molecular flexibility index (Phi) is 8.83. The largest absolute Gasteiger partial charge is 0.379 e. The molecule has 0 saturated carbocycles. The van der Waals surface area contributed by atoms with Gasteiger partial charge < -0.3 is 11.1 Å². The smallest absolute Gasteiger partial charge is 0.294 e. The number of carbonyl (C=O) groups excluding carboxylic acids is 1. The number of anilines is 1. The van der Waals surface area contributed by atoms with Crippen LogP contribution >= 0.6 is 11.8 Å². The molecular weight excluding hydrogens is 374 g/mol. The van der Waals surface area contributed by atoms with Gasteiger partial charge in [-0.2, -0.15) is 8.42 Å². The van der Waals surface area contributed by atoms with E-state index in [0.717, 1.165) is 11.3 Å². The van der Waals surface area contributed by atoms with Crippen molar-refractivity contribution >= 4 is 38.6 Å². The second-order valence-corrected chi connectivity index (χ2v) is 7.72. The van der Waals surface area contributed by atoms with Crippen molar-refractivity contribution in [3.63, 3.8) is 0 Å². The van der Waals surface area contributed by atoms with Gasteiger partial charge in [0.2, 0.25) is 5.91 Å². The molecule has 5 N–H and O–H groups in total. The fourth-order valence-electron chi connectivity index (χ4n) is 1.71. The van der Waals surface area contributed by atoms with E-state index in [1.807, 2.05) is 37.3 Å². The molecule has 0 aliphatic heterocycles. The first-order valence-corrected chi connectivity index (χ1v) is 9.97. The van der Waals surface area contributed by atoms with Gasteiger partial charge in [0.1, 0.15) is 0 Å². The van der Waals surface area contributed by atoms with E-state index in [4.69, 9.17) is 15.7 Å². The summed E-state index contributed by atoms with van der Waals surface area (Å²) in [6.07, 6.45) is 0.360. The van der Waals surface area contributed by atoms with Crippen LogP contribution in [0.3, 0.4) is 0 Å². The average molecular weight is 396 g/mol. The molecular formula is C17H21N3O4S2. The van der Waals surface area contributed by atoms with Gasteiger partial charge in [-0.15, -0.1) is 0 Å². The first kappa shape index (κ1) is 21.7. The standard InChI is InChI=1S/C10H13N3OS.C7H8O3S/c11-10(12)15-7-6-9(14)13-8-4-2-1-3-5-8;1-6-2-4-7(5-3-6)11(8,9)10/h1-5H,6-7H2,(H3,11,12)(H,13,14);2-5H,1H3,(H,8,9,10). The summed E-state index contributed by atoms with van der Waals surface area (Å²) in [5, 5.41) is 9.76. The van der Waals surface area contributed by atoms with Gasteiger partial charge in [0, 0.05) is 17.9 Å². The molecule has 0 heterocycles. The van der Waals surface area contributed by atoms with Crippen molar-refractivity contribution in [3.05, 3.63) is 60.2 Å². The normalized spacial score (nSPS) is 10.4. The average Bonchev–Trinajstić information content (AvgIpc) is 2.55. The van der Waals surface area contributed by atoms with Crippen molar-refractivity contribution in [2.24, 2.45) is 5.73 Å². The molecule has 2 rings (SSSR count). The monoisotopic (exact) mass is 395 g/mol. The van der Waals surface area contributed by atoms with Gasteiger partial charge in [-0.3, -0.25) is 14.8 Å². The van der Waals surface area contributed by atoms with E-state index in [0.29, 0.717) is 12.2 Å². The number of nitrogens with one attached hydrogen (secondary N) is 2. The molecule has 0 atom stereocenters. The number of benzene rings is 2. The number of nitrogens with two attached hydrogens (primary N) is 1. The maximum Gasteiger partial charge on any atom is 0.294 e. The van der Waals surface area contributed by atoms with Gasteiger partial charge in [-0.25, -0.2) is 0 Å². The highest BCUT2D eigenvalue weighted by atomic mass is 32.2. The number of amides is 1. The van der Waals surface area contributed by atoms with Crippen LogP contribution in [0.25, 0.3) is 0 Å². The SMILES string of the molecule is Cc1ccc(S(=O)(=O)O)cc1.N=C(N)SCCC(=O)Nc1ccccc1. The first-order valence-electron chi connectivity index (χ1n) is 7.54. The Balaban J connectivity index is 0.000000273. The predicted octanol–water partition coefficient (Wildman–Crippen LogP) is 2.88. The Morgan fingerprint density at radius 2 is 1.73 bits per heavy atom. The quantitative estimate of drug-likeness (QED) is 0.349. The van der Waals surface area contributed by atoms with E-state index >= 15 is 0 Å². The molecule has 0 fully saturated rings. The lowest BCUT2D eigenvalue weighted by Gasteiger charge is -2.03. The minimum atomic E-state index is -4.02. The van der Waals surface area contributed by atoms with Gasteiger partial charge in [-0.05, 0) is 31.2 Å². The second kappa shape index (κ2) is 10.6. The number of para-hydroxylation sites is 1. The van der Waals surface area contributed by atoms with Crippen LogP contribution in [0.4, 0.5) is 5.69 Å². The van der Waals surface area contributed by atoms with Gasteiger partial charge >= 0.3 is 0 Å². The summed E-state index contributed by atoms with van der Waals surface area (Å²) in [7, 11) is -4.02. The third kappa shape index (κ3) is 9.21. The van der Waals surface area contributed by atoms with E-state index in [1.165, 1.54) is 23.9 Å². The summed E-state index contributed by atoms with van der Waals surface area (Å²) in [5.74, 6) is 0.475. The van der Waals surface area contributed by atoms with E-state index in [2.05, 4.69) is 5.32 Å². The van der Waals surface area contributed by atoms with Crippen LogP contribution in [0, 0.1) is 12.3 Å². The van der Waals surface area contributed by atoms with Crippen LogP contribution in [0.15, 0.2) is 59.5 Å². The highest BCUT2D eigenvalue weighted by Crippen LogP contribution is 2.09. The lowest BCUT2D eigenvalue weighted by molar-refractivity contribution is -0.115. The Bertz CT molecular complexity index is 823. The number of hydrogen-bond donors (Lipinski definition) is 4. The van der Waals surface area contributed by atoms with Crippen molar-refractivity contribution in [1.82, 2.24) is 0 Å². The number of carbonyl (C=O) groups is 1. The van der Waals surface area contributed by atoms with E-state index in [9.17, 15) is 13.2 Å². The molecule has 0 aromatic heterocycles. The van der Waals surface area contributed by atoms with Gasteiger partial charge in [-0.1, -0.05) is 47.7 Å². The third-order valence-corrected chi connectivity index (χ3v) is 4.55. The zero-order valence-corrected chi connectivity index (χ0v) is 15.8. The summed E-state index contributed by atoms with van der Waals surface area (Å²) < 4.78 is 29.6. The topological polar surface area (TPSA) is 133 Å². The number of hydrogen-bond acceptors (Lipinski definition) is 5. The van der Waals surface area contributed by atoms with Crippen LogP contribution in [-0.4, -0.2) is 29.8 Å². The van der Waals surface area contributed by atoms with Crippen LogP contribution in [0.1, 0.15) is 12.0 Å². The first-order chi connectivity index (χ1) is 12.2. The number of thioether (sulfide) groups is 1. The number of rotatable bonds is 5. The number of amidine groups is 1. The summed E-state index contributed by atoms with van der Waals surface area (Å²) in [6, 6.07) is 15.3. The molecule has 0 aliphatic carbocycles. The van der Waals surface area contributed by atoms with Crippen molar-refractivity contribution in [2.45, 2.75) is 18.2 Å². The molecule has 0 bridgehead atoms. The minimum absolute atomic E-state index is 0.0440. The van der Waals surface area contributed by atoms with Crippen LogP contribution in [0.5, 0.6) is 0 Å². The van der Waals surface area contributed by atoms with Gasteiger partial charge in [0.05, 0.1) is 4.90 Å². The maximum absolute atomic E-state index is 11.4. The molecule has 0 spiro atoms. The third-order valence-electron chi connectivity index (χ3n) is 2.96. The molecule has 0 saturated heterocycles. The molecule has 140 valence electrons. The Hall–Kier alpha value is -2.36. The minimum Gasteiger partial charge on any atom is -0.379 e. The van der Waals surface area contributed by atoms with Crippen molar-refractivity contribution in [1.29, 1.82) is 5.41 Å². The molecule has 2 aromatic rings. The number of aryl methyl sites for hydroxylation is 1. The molecule has 7 nitrogen and oxygen atoms in total. The maximum atomic E-state index is 11.4. The molecule has 9 heteroatoms. The summed E-state index contributed by atoms with van der Waals surface area (Å²) >= 11 is 1.17. The van der Waals surface area contributed by atoms with Crippen molar-refractivity contribution in [2.75, 3.05) is 11.1 Å². The molecule has 0 unspecified atom stereocenters. The summed E-state index contributed by atoms with van der Waals surface area (Å²) in [4.78, 5) is 11.3. The Morgan fingerprint density at radius 1 is 1.15 bits per heavy atom. The molecule has 26 heavy (non-hydrogen) atoms. The Morgan fingerprint density at radius 3 is 2.23 bits per heavy atom. The zero-order valence-electron chi connectivity index (χ0n) is 14.2. The fourth-order valence-corrected chi connectivity index (χ4v) is 2.70. The van der Waals surface area contributed by atoms with Crippen molar-refractivity contribution < 1.29 is 17.8 Å². The highest BCUT2D eigenvalue weighted by molar-refractivity contribution is 8.13. The highest BCUT2D eigenvalue weighted by Gasteiger charge is 2.06. The lowest BCUT2D eigenvalue weighted by atomic mass is 10.2. The molecule has 1 amide bonds. The Labute approximate surface area is 157 Å². The van der Waals surface area contributed by atoms with Crippen LogP contribution in [0.2, 0.25) is 0 Å². The van der Waals surface area contributed by atoms with Crippen molar-refractivity contribution in [3.8, 4) is 0 Å². The van der Waals surface area contributed by atoms with Crippen LogP contribution < -0.4 is 11.1 Å². The predicted molar refractivity (Wildman–Crippen MR) is 105 cm³/mol. The van der Waals surface area contributed by atoms with E-state index in [-0.39, 0.29) is 16.0 Å². The zero-order chi connectivity index (χ0) is 19.6. The second-order valence-electron chi connectivity index (χ2n) is 5.17. The molecule has 2 aromatic carbocycles. The molecule has 0 radical (unpaired) electrons. The fraction of sp³-hybridized carbons (Fsp3) is 0.176. The van der Waals surface area contributed by atoms with E-state index in [1.54, 1.807) is 12.1 Å². The van der Waals surface area contributed by atoms with Gasteiger partial charge in [0.25, 0.3) is 10.1 Å². The van der Waals surface area contributed by atoms with Crippen LogP contribution in [-0.2, 0) is 14.9 Å². The lowest BCUT2D eigenvalue weighted by Crippen LogP contribution is -2.13. The molecule has 0 aliphatic rings. The van der Waals surface area contributed by atoms with E-state index < -0.39 is 10.1 Å². The summed E-state index contributed by atoms with van der Waals surface area (Å²) in [6.45, 7) is 1.84. The van der Waals surface area contributed by atoms with Gasteiger partial charge in [0.15, 0.2) is 5.17 Å². The summed E-state index contributed by atoms with van der Waals surface area (Å²) in [5.41, 5.74) is 6.89.